The number of halogens is 1. The fourth-order valence-corrected chi connectivity index (χ4v) is 1.14. The first kappa shape index (κ1) is 8.53. The minimum atomic E-state index is -0.975. The molecule has 3 nitrogen and oxygen atoms in total. The first-order valence-corrected chi connectivity index (χ1v) is 3.88. The van der Waals surface area contributed by atoms with E-state index in [9.17, 15) is 9.59 Å². The Kier molecular flexibility index (Phi) is 2.18. The minimum Gasteiger partial charge on any atom is -0.465 e. The van der Waals surface area contributed by atoms with Crippen molar-refractivity contribution in [2.45, 2.75) is 19.8 Å². The second-order valence-corrected chi connectivity index (χ2v) is 2.92. The summed E-state index contributed by atoms with van der Waals surface area (Å²) in [5.74, 6) is -0.472. The third-order valence-electron chi connectivity index (χ3n) is 1.79. The summed E-state index contributed by atoms with van der Waals surface area (Å²) in [5.41, 5.74) is -0.975. The molecule has 1 aliphatic rings. The molecule has 1 aliphatic carbocycles. The SMILES string of the molecule is CCOC(=O)C1(C(=O)Cl)CC1. The van der Waals surface area contributed by atoms with Gasteiger partial charge in [-0.05, 0) is 31.4 Å². The third-order valence-corrected chi connectivity index (χ3v) is 2.15. The van der Waals surface area contributed by atoms with E-state index >= 15 is 0 Å². The van der Waals surface area contributed by atoms with Crippen LogP contribution in [0.2, 0.25) is 0 Å². The minimum absolute atomic E-state index is 0.296. The van der Waals surface area contributed by atoms with Crippen molar-refractivity contribution in [1.29, 1.82) is 0 Å². The van der Waals surface area contributed by atoms with Gasteiger partial charge in [0.15, 0.2) is 0 Å². The molecule has 0 spiro atoms. The Morgan fingerprint density at radius 2 is 2.09 bits per heavy atom. The molecule has 0 bridgehead atoms. The van der Waals surface area contributed by atoms with Gasteiger partial charge in [-0.2, -0.15) is 0 Å². The normalized spacial score (nSPS) is 19.1. The molecular weight excluding hydrogens is 168 g/mol. The fraction of sp³-hybridized carbons (Fsp3) is 0.714. The van der Waals surface area contributed by atoms with Gasteiger partial charge in [0.2, 0.25) is 5.24 Å². The zero-order valence-electron chi connectivity index (χ0n) is 6.22. The van der Waals surface area contributed by atoms with Crippen LogP contribution in [0.4, 0.5) is 0 Å². The Morgan fingerprint density at radius 1 is 1.55 bits per heavy atom. The molecule has 1 fully saturated rings. The Bertz CT molecular complexity index is 196. The molecule has 0 radical (unpaired) electrons. The van der Waals surface area contributed by atoms with Crippen LogP contribution >= 0.6 is 11.6 Å². The molecule has 0 unspecified atom stereocenters. The highest BCUT2D eigenvalue weighted by molar-refractivity contribution is 6.66. The van der Waals surface area contributed by atoms with Gasteiger partial charge in [0.05, 0.1) is 6.61 Å². The largest absolute Gasteiger partial charge is 0.465 e. The molecule has 62 valence electrons. The predicted octanol–water partition coefficient (Wildman–Crippen LogP) is 1.10. The molecule has 0 heterocycles. The van der Waals surface area contributed by atoms with Crippen molar-refractivity contribution in [2.24, 2.45) is 5.41 Å². The van der Waals surface area contributed by atoms with Gasteiger partial charge in [0, 0.05) is 0 Å². The highest BCUT2D eigenvalue weighted by atomic mass is 35.5. The quantitative estimate of drug-likeness (QED) is 0.367. The average molecular weight is 177 g/mol. The predicted molar refractivity (Wildman–Crippen MR) is 39.2 cm³/mol. The molecule has 0 aromatic heterocycles. The molecular formula is C7H9ClO3. The molecule has 0 aromatic rings. The lowest BCUT2D eigenvalue weighted by Crippen LogP contribution is -2.24. The summed E-state index contributed by atoms with van der Waals surface area (Å²) in [6.45, 7) is 2.00. The topological polar surface area (TPSA) is 43.4 Å². The van der Waals surface area contributed by atoms with Crippen molar-refractivity contribution in [2.75, 3.05) is 6.61 Å². The van der Waals surface area contributed by atoms with Gasteiger partial charge in [-0.25, -0.2) is 0 Å². The third kappa shape index (κ3) is 1.38. The fourth-order valence-electron chi connectivity index (χ4n) is 0.875. The molecule has 0 amide bonds. The van der Waals surface area contributed by atoms with Crippen LogP contribution < -0.4 is 0 Å². The lowest BCUT2D eigenvalue weighted by molar-refractivity contribution is -0.151. The van der Waals surface area contributed by atoms with Crippen molar-refractivity contribution < 1.29 is 14.3 Å². The number of carbonyl (C=O) groups excluding carboxylic acids is 2. The summed E-state index contributed by atoms with van der Waals surface area (Å²) in [5, 5.41) is -0.587. The zero-order valence-corrected chi connectivity index (χ0v) is 6.98. The number of hydrogen-bond donors (Lipinski definition) is 0. The van der Waals surface area contributed by atoms with Gasteiger partial charge in [0.25, 0.3) is 0 Å². The smallest absolute Gasteiger partial charge is 0.320 e. The van der Waals surface area contributed by atoms with E-state index in [-0.39, 0.29) is 0 Å². The highest BCUT2D eigenvalue weighted by Crippen LogP contribution is 2.48. The molecule has 0 N–H and O–H groups in total. The van der Waals surface area contributed by atoms with Crippen LogP contribution in [0.5, 0.6) is 0 Å². The summed E-state index contributed by atoms with van der Waals surface area (Å²) >= 11 is 5.22. The second-order valence-electron chi connectivity index (χ2n) is 2.58. The van der Waals surface area contributed by atoms with Crippen molar-refractivity contribution in [3.63, 3.8) is 0 Å². The summed E-state index contributed by atoms with van der Waals surface area (Å²) in [6.07, 6.45) is 1.07. The van der Waals surface area contributed by atoms with Gasteiger partial charge >= 0.3 is 5.97 Å². The van der Waals surface area contributed by atoms with Crippen LogP contribution in [0.1, 0.15) is 19.8 Å². The number of rotatable bonds is 3. The van der Waals surface area contributed by atoms with Crippen LogP contribution in [0.3, 0.4) is 0 Å². The van der Waals surface area contributed by atoms with Gasteiger partial charge in [-0.1, -0.05) is 0 Å². The Balaban J connectivity index is 2.58. The summed E-state index contributed by atoms with van der Waals surface area (Å²) in [7, 11) is 0. The van der Waals surface area contributed by atoms with Crippen LogP contribution in [0, 0.1) is 5.41 Å². The first-order valence-electron chi connectivity index (χ1n) is 3.50. The van der Waals surface area contributed by atoms with Crippen LogP contribution in [-0.2, 0) is 14.3 Å². The maximum Gasteiger partial charge on any atom is 0.320 e. The number of ether oxygens (including phenoxy) is 1. The molecule has 0 aliphatic heterocycles. The Labute approximate surface area is 69.7 Å². The lowest BCUT2D eigenvalue weighted by Gasteiger charge is -2.07. The van der Waals surface area contributed by atoms with Crippen LogP contribution in [0.25, 0.3) is 0 Å². The van der Waals surface area contributed by atoms with E-state index in [4.69, 9.17) is 11.6 Å². The molecule has 1 saturated carbocycles. The lowest BCUT2D eigenvalue weighted by atomic mass is 10.1. The van der Waals surface area contributed by atoms with Crippen molar-refractivity contribution in [3.8, 4) is 0 Å². The van der Waals surface area contributed by atoms with Crippen molar-refractivity contribution in [1.82, 2.24) is 0 Å². The summed E-state index contributed by atoms with van der Waals surface area (Å²) in [6, 6.07) is 0. The van der Waals surface area contributed by atoms with E-state index in [1.807, 2.05) is 0 Å². The Hall–Kier alpha value is -0.570. The van der Waals surface area contributed by atoms with E-state index in [0.717, 1.165) is 0 Å². The molecule has 1 rings (SSSR count). The van der Waals surface area contributed by atoms with Gasteiger partial charge in [-0.3, -0.25) is 9.59 Å². The number of carbonyl (C=O) groups is 2. The monoisotopic (exact) mass is 176 g/mol. The zero-order chi connectivity index (χ0) is 8.48. The van der Waals surface area contributed by atoms with Gasteiger partial charge < -0.3 is 4.74 Å². The first-order chi connectivity index (χ1) is 5.13. The molecule has 11 heavy (non-hydrogen) atoms. The molecule has 0 atom stereocenters. The van der Waals surface area contributed by atoms with Crippen LogP contribution in [-0.4, -0.2) is 17.8 Å². The standard InChI is InChI=1S/C7H9ClO3/c1-2-11-6(10)7(3-4-7)5(8)9/h2-4H2,1H3. The highest BCUT2D eigenvalue weighted by Gasteiger charge is 2.57. The van der Waals surface area contributed by atoms with E-state index in [2.05, 4.69) is 4.74 Å². The molecule has 4 heteroatoms. The molecule has 0 aromatic carbocycles. The van der Waals surface area contributed by atoms with Gasteiger partial charge in [0.1, 0.15) is 5.41 Å². The second kappa shape index (κ2) is 2.81. The number of esters is 1. The Morgan fingerprint density at radius 3 is 2.36 bits per heavy atom. The maximum absolute atomic E-state index is 11.0. The van der Waals surface area contributed by atoms with Crippen LogP contribution in [0.15, 0.2) is 0 Å². The van der Waals surface area contributed by atoms with E-state index in [1.165, 1.54) is 0 Å². The van der Waals surface area contributed by atoms with E-state index in [1.54, 1.807) is 6.92 Å². The van der Waals surface area contributed by atoms with Gasteiger partial charge in [-0.15, -0.1) is 0 Å². The van der Waals surface area contributed by atoms with Crippen molar-refractivity contribution in [3.05, 3.63) is 0 Å². The maximum atomic E-state index is 11.0. The summed E-state index contributed by atoms with van der Waals surface area (Å²) in [4.78, 5) is 21.8. The van der Waals surface area contributed by atoms with E-state index in [0.29, 0.717) is 19.4 Å². The average Bonchev–Trinajstić information content (AvgIpc) is 2.66. The van der Waals surface area contributed by atoms with Crippen molar-refractivity contribution >= 4 is 22.8 Å². The van der Waals surface area contributed by atoms with E-state index < -0.39 is 16.6 Å². The summed E-state index contributed by atoms with van der Waals surface area (Å²) < 4.78 is 4.69. The number of hydrogen-bond acceptors (Lipinski definition) is 3. The molecule has 0 saturated heterocycles.